The van der Waals surface area contributed by atoms with E-state index in [4.69, 9.17) is 5.11 Å². The van der Waals surface area contributed by atoms with Crippen molar-refractivity contribution in [3.8, 4) is 11.1 Å². The zero-order chi connectivity index (χ0) is 14.7. The predicted molar refractivity (Wildman–Crippen MR) is 80.6 cm³/mol. The average Bonchev–Trinajstić information content (AvgIpc) is 2.42. The average molecular weight is 336 g/mol. The maximum absolute atomic E-state index is 10.8. The molecule has 2 N–H and O–H groups in total. The van der Waals surface area contributed by atoms with Crippen molar-refractivity contribution in [2.24, 2.45) is 0 Å². The number of nitrogens with zero attached hydrogens (tertiary/aromatic N) is 2. The van der Waals surface area contributed by atoms with Crippen LogP contribution in [0.3, 0.4) is 0 Å². The van der Waals surface area contributed by atoms with Crippen LogP contribution < -0.4 is 5.32 Å². The number of hydrogen-bond donors (Lipinski definition) is 2. The molecule has 0 fully saturated rings. The number of hydrogen-bond acceptors (Lipinski definition) is 4. The van der Waals surface area contributed by atoms with Gasteiger partial charge in [-0.05, 0) is 37.1 Å². The molecule has 0 amide bonds. The summed E-state index contributed by atoms with van der Waals surface area (Å²) in [5.74, 6) is -0.642. The van der Waals surface area contributed by atoms with Crippen LogP contribution in [0.25, 0.3) is 11.1 Å². The molecule has 1 atom stereocenters. The van der Waals surface area contributed by atoms with Gasteiger partial charge in [-0.2, -0.15) is 0 Å². The molecule has 5 nitrogen and oxygen atoms in total. The molecule has 0 spiro atoms. The molecule has 1 unspecified atom stereocenters. The lowest BCUT2D eigenvalue weighted by Crippen LogP contribution is -2.26. The maximum atomic E-state index is 10.8. The summed E-state index contributed by atoms with van der Waals surface area (Å²) >= 11 is 3.44. The molecule has 2 aromatic rings. The molecule has 1 aromatic carbocycles. The lowest BCUT2D eigenvalue weighted by atomic mass is 10.0. The molecule has 0 aliphatic rings. The van der Waals surface area contributed by atoms with Crippen molar-refractivity contribution in [1.82, 2.24) is 9.97 Å². The molecule has 0 radical (unpaired) electrons. The molecule has 104 valence electrons. The first kappa shape index (κ1) is 14.5. The smallest absolute Gasteiger partial charge is 0.325 e. The number of aryl methyl sites for hydroxylation is 1. The second-order valence-corrected chi connectivity index (χ2v) is 5.37. The number of benzene rings is 1. The first-order chi connectivity index (χ1) is 9.47. The van der Waals surface area contributed by atoms with Gasteiger partial charge >= 0.3 is 5.97 Å². The Morgan fingerprint density at radius 2 is 2.00 bits per heavy atom. The third kappa shape index (κ3) is 3.33. The lowest BCUT2D eigenvalue weighted by molar-refractivity contribution is -0.137. The second-order valence-electron chi connectivity index (χ2n) is 4.46. The number of rotatable bonds is 4. The van der Waals surface area contributed by atoms with Gasteiger partial charge in [0.05, 0.1) is 0 Å². The Balaban J connectivity index is 2.24. The zero-order valence-electron chi connectivity index (χ0n) is 11.1. The molecular formula is C14H14BrN3O2. The number of halogens is 1. The van der Waals surface area contributed by atoms with Crippen LogP contribution in [0.4, 0.5) is 5.95 Å². The van der Waals surface area contributed by atoms with E-state index >= 15 is 0 Å². The fourth-order valence-corrected chi connectivity index (χ4v) is 2.06. The third-order valence-corrected chi connectivity index (χ3v) is 3.37. The van der Waals surface area contributed by atoms with Gasteiger partial charge in [-0.3, -0.25) is 4.79 Å². The molecule has 6 heteroatoms. The first-order valence-corrected chi connectivity index (χ1v) is 6.84. The van der Waals surface area contributed by atoms with E-state index in [0.29, 0.717) is 5.95 Å². The maximum Gasteiger partial charge on any atom is 0.325 e. The van der Waals surface area contributed by atoms with Gasteiger partial charge in [0, 0.05) is 22.4 Å². The Morgan fingerprint density at radius 3 is 2.60 bits per heavy atom. The number of aliphatic carboxylic acids is 1. The summed E-state index contributed by atoms with van der Waals surface area (Å²) in [6, 6.07) is 5.26. The van der Waals surface area contributed by atoms with E-state index in [1.54, 1.807) is 12.4 Å². The van der Waals surface area contributed by atoms with Gasteiger partial charge in [-0.15, -0.1) is 0 Å². The summed E-state index contributed by atoms with van der Waals surface area (Å²) in [6.07, 6.45) is 3.36. The van der Waals surface area contributed by atoms with Gasteiger partial charge in [0.1, 0.15) is 6.04 Å². The fraction of sp³-hybridized carbons (Fsp3) is 0.214. The highest BCUT2D eigenvalue weighted by Crippen LogP contribution is 2.26. The van der Waals surface area contributed by atoms with Crippen LogP contribution in [-0.4, -0.2) is 27.1 Å². The largest absolute Gasteiger partial charge is 0.480 e. The van der Waals surface area contributed by atoms with Crippen LogP contribution in [0.2, 0.25) is 0 Å². The van der Waals surface area contributed by atoms with E-state index in [9.17, 15) is 4.79 Å². The topological polar surface area (TPSA) is 75.1 Å². The highest BCUT2D eigenvalue weighted by Gasteiger charge is 2.11. The van der Waals surface area contributed by atoms with Crippen molar-refractivity contribution >= 4 is 27.8 Å². The van der Waals surface area contributed by atoms with Crippen molar-refractivity contribution < 1.29 is 9.90 Å². The summed E-state index contributed by atoms with van der Waals surface area (Å²) in [7, 11) is 0. The molecule has 0 bridgehead atoms. The van der Waals surface area contributed by atoms with Crippen LogP contribution in [0.1, 0.15) is 12.5 Å². The zero-order valence-corrected chi connectivity index (χ0v) is 12.7. The Morgan fingerprint density at radius 1 is 1.35 bits per heavy atom. The third-order valence-electron chi connectivity index (χ3n) is 2.88. The minimum Gasteiger partial charge on any atom is -0.480 e. The van der Waals surface area contributed by atoms with Crippen molar-refractivity contribution in [3.63, 3.8) is 0 Å². The van der Waals surface area contributed by atoms with Gasteiger partial charge < -0.3 is 10.4 Å². The first-order valence-electron chi connectivity index (χ1n) is 6.05. The Labute approximate surface area is 125 Å². The summed E-state index contributed by atoms with van der Waals surface area (Å²) in [4.78, 5) is 19.0. The molecular weight excluding hydrogens is 322 g/mol. The van der Waals surface area contributed by atoms with E-state index in [2.05, 4.69) is 31.2 Å². The van der Waals surface area contributed by atoms with E-state index in [1.165, 1.54) is 6.92 Å². The van der Waals surface area contributed by atoms with Gasteiger partial charge in [-0.25, -0.2) is 9.97 Å². The van der Waals surface area contributed by atoms with Gasteiger partial charge in [-0.1, -0.05) is 22.0 Å². The number of carboxylic acid groups (broad SMARTS) is 1. The van der Waals surface area contributed by atoms with Crippen LogP contribution >= 0.6 is 15.9 Å². The SMILES string of the molecule is Cc1ccc(Br)cc1-c1cnc(NC(C)C(=O)O)nc1. The predicted octanol–water partition coefficient (Wildman–Crippen LogP) is 3.10. The van der Waals surface area contributed by atoms with Gasteiger partial charge in [0.25, 0.3) is 0 Å². The van der Waals surface area contributed by atoms with Crippen molar-refractivity contribution in [3.05, 3.63) is 40.6 Å². The number of nitrogens with one attached hydrogen (secondary N) is 1. The Kier molecular flexibility index (Phi) is 4.34. The second kappa shape index (κ2) is 6.00. The number of anilines is 1. The molecule has 1 aromatic heterocycles. The summed E-state index contributed by atoms with van der Waals surface area (Å²) in [5, 5.41) is 11.5. The van der Waals surface area contributed by atoms with E-state index in [0.717, 1.165) is 21.2 Å². The van der Waals surface area contributed by atoms with E-state index < -0.39 is 12.0 Å². The summed E-state index contributed by atoms with van der Waals surface area (Å²) in [5.41, 5.74) is 3.05. The fourth-order valence-electron chi connectivity index (χ4n) is 1.70. The lowest BCUT2D eigenvalue weighted by Gasteiger charge is -2.10. The van der Waals surface area contributed by atoms with Crippen LogP contribution in [-0.2, 0) is 4.79 Å². The number of carboxylic acids is 1. The van der Waals surface area contributed by atoms with Crippen molar-refractivity contribution in [2.75, 3.05) is 5.32 Å². The highest BCUT2D eigenvalue weighted by molar-refractivity contribution is 9.10. The van der Waals surface area contributed by atoms with Crippen molar-refractivity contribution in [2.45, 2.75) is 19.9 Å². The summed E-state index contributed by atoms with van der Waals surface area (Å²) < 4.78 is 0.986. The molecule has 0 saturated carbocycles. The van der Waals surface area contributed by atoms with Crippen LogP contribution in [0, 0.1) is 6.92 Å². The number of carbonyl (C=O) groups is 1. The van der Waals surface area contributed by atoms with Gasteiger partial charge in [0.15, 0.2) is 0 Å². The summed E-state index contributed by atoms with van der Waals surface area (Å²) in [6.45, 7) is 3.55. The Bertz CT molecular complexity index is 629. The van der Waals surface area contributed by atoms with Crippen molar-refractivity contribution in [1.29, 1.82) is 0 Å². The Hall–Kier alpha value is -1.95. The molecule has 1 heterocycles. The highest BCUT2D eigenvalue weighted by atomic mass is 79.9. The minimum absolute atomic E-state index is 0.302. The van der Waals surface area contributed by atoms with E-state index in [1.807, 2.05) is 25.1 Å². The monoisotopic (exact) mass is 335 g/mol. The normalized spacial score (nSPS) is 11.9. The molecule has 0 aliphatic carbocycles. The molecule has 20 heavy (non-hydrogen) atoms. The standard InChI is InChI=1S/C14H14BrN3O2/c1-8-3-4-11(15)5-12(8)10-6-16-14(17-7-10)18-9(2)13(19)20/h3-7,9H,1-2H3,(H,19,20)(H,16,17,18). The number of aromatic nitrogens is 2. The minimum atomic E-state index is -0.944. The van der Waals surface area contributed by atoms with Gasteiger partial charge in [0.2, 0.25) is 5.95 Å². The van der Waals surface area contributed by atoms with Crippen LogP contribution in [0.15, 0.2) is 35.1 Å². The molecule has 0 saturated heterocycles. The quantitative estimate of drug-likeness (QED) is 0.897. The van der Waals surface area contributed by atoms with E-state index in [-0.39, 0.29) is 0 Å². The molecule has 0 aliphatic heterocycles. The molecule has 2 rings (SSSR count). The van der Waals surface area contributed by atoms with Crippen LogP contribution in [0.5, 0.6) is 0 Å².